The number of rotatable bonds is 6. The van der Waals surface area contributed by atoms with Crippen molar-refractivity contribution < 1.29 is 29.9 Å². The highest BCUT2D eigenvalue weighted by molar-refractivity contribution is 6.46. The topological polar surface area (TPSA) is 104 Å². The lowest BCUT2D eigenvalue weighted by Gasteiger charge is -2.24. The smallest absolute Gasteiger partial charge is 0.295 e. The predicted octanol–water partition coefficient (Wildman–Crippen LogP) is 1.37. The van der Waals surface area contributed by atoms with E-state index in [1.807, 2.05) is 6.07 Å². The lowest BCUT2D eigenvalue weighted by molar-refractivity contribution is -0.368. The summed E-state index contributed by atoms with van der Waals surface area (Å²) in [5, 5.41) is 10.9. The molecule has 2 aromatic carbocycles. The van der Waals surface area contributed by atoms with E-state index >= 15 is 0 Å². The maximum atomic E-state index is 12.8. The summed E-state index contributed by atoms with van der Waals surface area (Å²) in [7, 11) is 3.04. The molecule has 1 atom stereocenters. The number of carbonyl (C=O) groups is 2. The van der Waals surface area contributed by atoms with Gasteiger partial charge in [0.1, 0.15) is 5.76 Å². The molecule has 0 spiro atoms. The molecule has 1 heterocycles. The van der Waals surface area contributed by atoms with Crippen molar-refractivity contribution in [2.24, 2.45) is 0 Å². The Labute approximate surface area is 163 Å². The number of hydrogen-bond acceptors (Lipinski definition) is 5. The van der Waals surface area contributed by atoms with Crippen molar-refractivity contribution in [2.75, 3.05) is 27.3 Å². The van der Waals surface area contributed by atoms with Gasteiger partial charge >= 0.3 is 0 Å². The van der Waals surface area contributed by atoms with E-state index in [4.69, 9.17) is 9.47 Å². The van der Waals surface area contributed by atoms with Crippen LogP contribution in [-0.4, -0.2) is 49.0 Å². The Morgan fingerprint density at radius 3 is 2.36 bits per heavy atom. The fraction of sp³-hybridized carbons (Fsp3) is 0.238. The fourth-order valence-electron chi connectivity index (χ4n) is 3.40. The average Bonchev–Trinajstić information content (AvgIpc) is 2.98. The van der Waals surface area contributed by atoms with Crippen molar-refractivity contribution in [3.63, 3.8) is 0 Å². The van der Waals surface area contributed by atoms with Gasteiger partial charge < -0.3 is 25.2 Å². The summed E-state index contributed by atoms with van der Waals surface area (Å²) >= 11 is 0. The van der Waals surface area contributed by atoms with E-state index in [1.165, 1.54) is 19.1 Å². The minimum atomic E-state index is -0.734. The van der Waals surface area contributed by atoms with Gasteiger partial charge in [0.05, 0.1) is 38.9 Å². The van der Waals surface area contributed by atoms with E-state index in [0.29, 0.717) is 29.2 Å². The maximum Gasteiger partial charge on any atom is 0.295 e. The SMILES string of the molecule is COc1ccc([C@H]2C(=C(O)c3ccccc3)C(=O)C(=O)N2CC[NH3+])cc1OC. The Bertz CT molecular complexity index is 924. The van der Waals surface area contributed by atoms with E-state index in [0.717, 1.165) is 0 Å². The standard InChI is InChI=1S/C21H22N2O5/c1-27-15-9-8-14(12-16(15)28-2)18-17(19(24)13-6-4-3-5-7-13)20(25)21(26)23(18)11-10-22/h3-9,12,18,24H,10-11,22H2,1-2H3/p+1/t18-/m0/s1. The van der Waals surface area contributed by atoms with E-state index in [2.05, 4.69) is 5.73 Å². The molecule has 0 radical (unpaired) electrons. The van der Waals surface area contributed by atoms with Crippen molar-refractivity contribution in [3.05, 3.63) is 65.2 Å². The third-order valence-corrected chi connectivity index (χ3v) is 4.71. The lowest BCUT2D eigenvalue weighted by Crippen LogP contribution is -2.55. The third kappa shape index (κ3) is 3.32. The number of benzene rings is 2. The van der Waals surface area contributed by atoms with Crippen LogP contribution in [0.2, 0.25) is 0 Å². The molecule has 1 aliphatic rings. The lowest BCUT2D eigenvalue weighted by atomic mass is 9.95. The van der Waals surface area contributed by atoms with Gasteiger partial charge in [-0.15, -0.1) is 0 Å². The van der Waals surface area contributed by atoms with E-state index in [9.17, 15) is 14.7 Å². The van der Waals surface area contributed by atoms with Gasteiger partial charge in [-0.05, 0) is 17.7 Å². The Balaban J connectivity index is 2.20. The molecule has 0 aliphatic carbocycles. The monoisotopic (exact) mass is 383 g/mol. The zero-order chi connectivity index (χ0) is 20.3. The number of methoxy groups -OCH3 is 2. The number of likely N-dealkylation sites (tertiary alicyclic amines) is 1. The molecule has 1 amide bonds. The van der Waals surface area contributed by atoms with Crippen molar-refractivity contribution in [1.82, 2.24) is 4.90 Å². The molecule has 3 rings (SSSR count). The summed E-state index contributed by atoms with van der Waals surface area (Å²) < 4.78 is 10.6. The van der Waals surface area contributed by atoms with Gasteiger partial charge in [0.25, 0.3) is 11.7 Å². The molecule has 1 saturated heterocycles. The highest BCUT2D eigenvalue weighted by atomic mass is 16.5. The number of quaternary nitrogens is 1. The normalized spacial score (nSPS) is 18.4. The second-order valence-electron chi connectivity index (χ2n) is 6.33. The number of nitrogens with zero attached hydrogens (tertiary/aromatic N) is 1. The summed E-state index contributed by atoms with van der Waals surface area (Å²) in [5.41, 5.74) is 4.96. The van der Waals surface area contributed by atoms with Gasteiger partial charge in [0.2, 0.25) is 0 Å². The molecule has 1 fully saturated rings. The van der Waals surface area contributed by atoms with Gasteiger partial charge in [-0.25, -0.2) is 0 Å². The molecule has 7 nitrogen and oxygen atoms in total. The number of hydrogen-bond donors (Lipinski definition) is 2. The van der Waals surface area contributed by atoms with Crippen molar-refractivity contribution in [3.8, 4) is 11.5 Å². The molecule has 2 aromatic rings. The van der Waals surface area contributed by atoms with E-state index in [1.54, 1.807) is 42.5 Å². The van der Waals surface area contributed by atoms with Crippen LogP contribution in [0.4, 0.5) is 0 Å². The summed E-state index contributed by atoms with van der Waals surface area (Å²) in [6.07, 6.45) is 0. The van der Waals surface area contributed by atoms with Crippen LogP contribution in [0.3, 0.4) is 0 Å². The van der Waals surface area contributed by atoms with Gasteiger partial charge in [-0.3, -0.25) is 9.59 Å². The highest BCUT2D eigenvalue weighted by Crippen LogP contribution is 2.41. The maximum absolute atomic E-state index is 12.8. The van der Waals surface area contributed by atoms with Crippen LogP contribution in [-0.2, 0) is 9.59 Å². The summed E-state index contributed by atoms with van der Waals surface area (Å²) in [6, 6.07) is 13.1. The van der Waals surface area contributed by atoms with Gasteiger partial charge in [-0.1, -0.05) is 36.4 Å². The Kier molecular flexibility index (Phi) is 5.65. The molecule has 0 unspecified atom stereocenters. The van der Waals surface area contributed by atoms with Crippen LogP contribution >= 0.6 is 0 Å². The third-order valence-electron chi connectivity index (χ3n) is 4.71. The molecule has 0 aromatic heterocycles. The summed E-state index contributed by atoms with van der Waals surface area (Å²) in [5.74, 6) is -0.566. The van der Waals surface area contributed by atoms with Crippen molar-refractivity contribution >= 4 is 17.4 Å². The van der Waals surface area contributed by atoms with Gasteiger partial charge in [-0.2, -0.15) is 0 Å². The Hall–Kier alpha value is -3.32. The predicted molar refractivity (Wildman–Crippen MR) is 103 cm³/mol. The molecule has 0 saturated carbocycles. The van der Waals surface area contributed by atoms with Crippen LogP contribution in [0.5, 0.6) is 11.5 Å². The van der Waals surface area contributed by atoms with Crippen LogP contribution in [0, 0.1) is 0 Å². The summed E-state index contributed by atoms with van der Waals surface area (Å²) in [4.78, 5) is 26.9. The first-order valence-electron chi connectivity index (χ1n) is 8.88. The number of amides is 1. The molecule has 7 heteroatoms. The fourth-order valence-corrected chi connectivity index (χ4v) is 3.40. The minimum Gasteiger partial charge on any atom is -0.507 e. The average molecular weight is 383 g/mol. The second-order valence-corrected chi connectivity index (χ2v) is 6.33. The molecule has 0 bridgehead atoms. The van der Waals surface area contributed by atoms with E-state index < -0.39 is 17.7 Å². The number of ether oxygens (including phenoxy) is 2. The Morgan fingerprint density at radius 2 is 1.75 bits per heavy atom. The molecular weight excluding hydrogens is 360 g/mol. The number of ketones is 1. The zero-order valence-electron chi connectivity index (χ0n) is 15.8. The largest absolute Gasteiger partial charge is 0.507 e. The minimum absolute atomic E-state index is 0.0527. The van der Waals surface area contributed by atoms with E-state index in [-0.39, 0.29) is 17.9 Å². The van der Waals surface area contributed by atoms with Crippen molar-refractivity contribution in [1.29, 1.82) is 0 Å². The number of aliphatic hydroxyl groups excluding tert-OH is 1. The van der Waals surface area contributed by atoms with Crippen LogP contribution < -0.4 is 15.2 Å². The van der Waals surface area contributed by atoms with Gasteiger partial charge in [0, 0.05) is 5.56 Å². The first kappa shape index (κ1) is 19.4. The quantitative estimate of drug-likeness (QED) is 0.445. The first-order valence-corrected chi connectivity index (χ1v) is 8.88. The second kappa shape index (κ2) is 8.14. The van der Waals surface area contributed by atoms with Crippen LogP contribution in [0.15, 0.2) is 54.1 Å². The van der Waals surface area contributed by atoms with Crippen LogP contribution in [0.25, 0.3) is 5.76 Å². The van der Waals surface area contributed by atoms with Gasteiger partial charge in [0.15, 0.2) is 11.5 Å². The zero-order valence-corrected chi connectivity index (χ0v) is 15.8. The number of carbonyl (C=O) groups excluding carboxylic acids is 2. The highest BCUT2D eigenvalue weighted by Gasteiger charge is 2.46. The molecule has 1 aliphatic heterocycles. The summed E-state index contributed by atoms with van der Waals surface area (Å²) in [6.45, 7) is 0.720. The Morgan fingerprint density at radius 1 is 1.07 bits per heavy atom. The molecule has 28 heavy (non-hydrogen) atoms. The molecular formula is C21H23N2O5+. The first-order chi connectivity index (χ1) is 13.5. The molecule has 146 valence electrons. The van der Waals surface area contributed by atoms with Crippen LogP contribution in [0.1, 0.15) is 17.2 Å². The van der Waals surface area contributed by atoms with Crippen molar-refractivity contribution in [2.45, 2.75) is 6.04 Å². The molecule has 4 N–H and O–H groups in total. The number of aliphatic hydroxyl groups is 1. The number of Topliss-reactive ketones (excluding diaryl/α,β-unsaturated/α-hetero) is 1.